The molecule has 3 aromatic rings. The van der Waals surface area contributed by atoms with Crippen LogP contribution in [-0.2, 0) is 6.54 Å². The lowest BCUT2D eigenvalue weighted by Crippen LogP contribution is -2.08. The molecular formula is C15H17N5. The molecule has 0 fully saturated rings. The van der Waals surface area contributed by atoms with E-state index in [2.05, 4.69) is 40.3 Å². The van der Waals surface area contributed by atoms with Crippen molar-refractivity contribution in [3.05, 3.63) is 54.1 Å². The Morgan fingerprint density at radius 1 is 1.15 bits per heavy atom. The Bertz CT molecular complexity index is 703. The maximum absolute atomic E-state index is 4.60. The van der Waals surface area contributed by atoms with E-state index in [9.17, 15) is 0 Å². The number of pyridine rings is 1. The van der Waals surface area contributed by atoms with Crippen LogP contribution < -0.4 is 5.32 Å². The average molecular weight is 267 g/mol. The highest BCUT2D eigenvalue weighted by atomic mass is 15.3. The third-order valence-corrected chi connectivity index (χ3v) is 3.19. The number of rotatable bonds is 4. The zero-order valence-corrected chi connectivity index (χ0v) is 11.6. The first-order valence-corrected chi connectivity index (χ1v) is 6.71. The van der Waals surface area contributed by atoms with E-state index in [1.165, 1.54) is 5.56 Å². The SMILES string of the molecule is CC(C)c1cc(NCc2ccncc2)n2nccc2n1. The van der Waals surface area contributed by atoms with Crippen molar-refractivity contribution >= 4 is 11.5 Å². The molecule has 0 aliphatic carbocycles. The third-order valence-electron chi connectivity index (χ3n) is 3.19. The number of fused-ring (bicyclic) bond motifs is 1. The first kappa shape index (κ1) is 12.6. The number of anilines is 1. The van der Waals surface area contributed by atoms with E-state index in [1.54, 1.807) is 18.6 Å². The summed E-state index contributed by atoms with van der Waals surface area (Å²) in [5.74, 6) is 1.34. The molecule has 0 unspecified atom stereocenters. The van der Waals surface area contributed by atoms with Crippen molar-refractivity contribution in [1.29, 1.82) is 0 Å². The average Bonchev–Trinajstić information content (AvgIpc) is 2.94. The van der Waals surface area contributed by atoms with Crippen LogP contribution in [0, 0.1) is 0 Å². The molecule has 3 heterocycles. The molecule has 0 radical (unpaired) electrons. The Balaban J connectivity index is 1.91. The summed E-state index contributed by atoms with van der Waals surface area (Å²) < 4.78 is 1.83. The summed E-state index contributed by atoms with van der Waals surface area (Å²) >= 11 is 0. The van der Waals surface area contributed by atoms with E-state index in [0.717, 1.165) is 23.7 Å². The standard InChI is InChI=1S/C15H17N5/c1-11(2)13-9-15(20-14(19-13)5-8-18-20)17-10-12-3-6-16-7-4-12/h3-9,11,17H,10H2,1-2H3. The second-order valence-corrected chi connectivity index (χ2v) is 5.03. The first-order chi connectivity index (χ1) is 9.74. The summed E-state index contributed by atoms with van der Waals surface area (Å²) in [6.45, 7) is 5.02. The lowest BCUT2D eigenvalue weighted by Gasteiger charge is -2.12. The van der Waals surface area contributed by atoms with Crippen LogP contribution in [-0.4, -0.2) is 19.6 Å². The monoisotopic (exact) mass is 267 g/mol. The molecule has 20 heavy (non-hydrogen) atoms. The fourth-order valence-electron chi connectivity index (χ4n) is 2.05. The van der Waals surface area contributed by atoms with Gasteiger partial charge in [0.1, 0.15) is 5.82 Å². The van der Waals surface area contributed by atoms with Gasteiger partial charge in [-0.2, -0.15) is 9.61 Å². The Morgan fingerprint density at radius 2 is 1.95 bits per heavy atom. The van der Waals surface area contributed by atoms with Crippen LogP contribution in [0.4, 0.5) is 5.82 Å². The van der Waals surface area contributed by atoms with Crippen LogP contribution in [0.15, 0.2) is 42.9 Å². The highest BCUT2D eigenvalue weighted by Gasteiger charge is 2.08. The van der Waals surface area contributed by atoms with Crippen LogP contribution in [0.3, 0.4) is 0 Å². The topological polar surface area (TPSA) is 55.1 Å². The van der Waals surface area contributed by atoms with Crippen molar-refractivity contribution in [1.82, 2.24) is 19.6 Å². The van der Waals surface area contributed by atoms with Gasteiger partial charge in [-0.15, -0.1) is 0 Å². The highest BCUT2D eigenvalue weighted by Crippen LogP contribution is 2.19. The van der Waals surface area contributed by atoms with Crippen molar-refractivity contribution in [3.8, 4) is 0 Å². The molecule has 3 aromatic heterocycles. The van der Waals surface area contributed by atoms with E-state index in [4.69, 9.17) is 0 Å². The molecule has 0 aliphatic rings. The first-order valence-electron chi connectivity index (χ1n) is 6.71. The largest absolute Gasteiger partial charge is 0.366 e. The molecule has 1 N–H and O–H groups in total. The smallest absolute Gasteiger partial charge is 0.157 e. The molecule has 0 saturated carbocycles. The van der Waals surface area contributed by atoms with Gasteiger partial charge in [0, 0.05) is 36.8 Å². The molecule has 0 aromatic carbocycles. The van der Waals surface area contributed by atoms with Crippen LogP contribution in [0.25, 0.3) is 5.65 Å². The fourth-order valence-corrected chi connectivity index (χ4v) is 2.05. The number of aromatic nitrogens is 4. The van der Waals surface area contributed by atoms with Gasteiger partial charge in [0.2, 0.25) is 0 Å². The van der Waals surface area contributed by atoms with Crippen LogP contribution >= 0.6 is 0 Å². The summed E-state index contributed by atoms with van der Waals surface area (Å²) in [5.41, 5.74) is 3.12. The minimum absolute atomic E-state index is 0.386. The predicted molar refractivity (Wildman–Crippen MR) is 78.6 cm³/mol. The van der Waals surface area contributed by atoms with Crippen molar-refractivity contribution < 1.29 is 0 Å². The Hall–Kier alpha value is -2.43. The maximum atomic E-state index is 4.60. The van der Waals surface area contributed by atoms with Crippen molar-refractivity contribution in [2.24, 2.45) is 0 Å². The van der Waals surface area contributed by atoms with Gasteiger partial charge in [-0.1, -0.05) is 13.8 Å². The number of nitrogens with one attached hydrogen (secondary N) is 1. The molecule has 0 aliphatic heterocycles. The molecule has 0 spiro atoms. The molecule has 0 saturated heterocycles. The maximum Gasteiger partial charge on any atom is 0.157 e. The van der Waals surface area contributed by atoms with Crippen LogP contribution in [0.2, 0.25) is 0 Å². The summed E-state index contributed by atoms with van der Waals surface area (Å²) in [5, 5.41) is 7.73. The van der Waals surface area contributed by atoms with E-state index in [-0.39, 0.29) is 0 Å². The zero-order chi connectivity index (χ0) is 13.9. The Morgan fingerprint density at radius 3 is 2.70 bits per heavy atom. The minimum atomic E-state index is 0.386. The fraction of sp³-hybridized carbons (Fsp3) is 0.267. The van der Waals surface area contributed by atoms with Gasteiger partial charge in [0.05, 0.1) is 6.20 Å². The zero-order valence-electron chi connectivity index (χ0n) is 11.6. The van der Waals surface area contributed by atoms with E-state index in [1.807, 2.05) is 22.7 Å². The van der Waals surface area contributed by atoms with Gasteiger partial charge in [-0.05, 0) is 23.6 Å². The molecule has 5 heteroatoms. The summed E-state index contributed by atoms with van der Waals surface area (Å²) in [6.07, 6.45) is 5.36. The van der Waals surface area contributed by atoms with E-state index < -0.39 is 0 Å². The molecule has 102 valence electrons. The lowest BCUT2D eigenvalue weighted by atomic mass is 10.1. The Labute approximate surface area is 117 Å². The van der Waals surface area contributed by atoms with E-state index >= 15 is 0 Å². The van der Waals surface area contributed by atoms with Gasteiger partial charge in [-0.3, -0.25) is 4.98 Å². The van der Waals surface area contributed by atoms with Crippen LogP contribution in [0.5, 0.6) is 0 Å². The van der Waals surface area contributed by atoms with E-state index in [0.29, 0.717) is 5.92 Å². The summed E-state index contributed by atoms with van der Waals surface area (Å²) in [7, 11) is 0. The minimum Gasteiger partial charge on any atom is -0.366 e. The van der Waals surface area contributed by atoms with Gasteiger partial charge in [0.15, 0.2) is 5.65 Å². The van der Waals surface area contributed by atoms with Crippen molar-refractivity contribution in [2.75, 3.05) is 5.32 Å². The number of nitrogens with zero attached hydrogens (tertiary/aromatic N) is 4. The molecule has 0 amide bonds. The summed E-state index contributed by atoms with van der Waals surface area (Å²) in [6, 6.07) is 7.98. The molecule has 5 nitrogen and oxygen atoms in total. The van der Waals surface area contributed by atoms with Crippen molar-refractivity contribution in [2.45, 2.75) is 26.3 Å². The predicted octanol–water partition coefficient (Wildman–Crippen LogP) is 2.86. The molecule has 0 bridgehead atoms. The van der Waals surface area contributed by atoms with Crippen molar-refractivity contribution in [3.63, 3.8) is 0 Å². The third kappa shape index (κ3) is 2.47. The molecular weight excluding hydrogens is 250 g/mol. The number of hydrogen-bond acceptors (Lipinski definition) is 4. The van der Waals surface area contributed by atoms with Gasteiger partial charge in [0.25, 0.3) is 0 Å². The van der Waals surface area contributed by atoms with Gasteiger partial charge in [-0.25, -0.2) is 4.98 Å². The number of hydrogen-bond donors (Lipinski definition) is 1. The quantitative estimate of drug-likeness (QED) is 0.789. The molecule has 0 atom stereocenters. The molecule has 3 rings (SSSR count). The Kier molecular flexibility index (Phi) is 3.33. The van der Waals surface area contributed by atoms with Crippen LogP contribution in [0.1, 0.15) is 31.0 Å². The second-order valence-electron chi connectivity index (χ2n) is 5.03. The second kappa shape index (κ2) is 5.28. The van der Waals surface area contributed by atoms with Gasteiger partial charge >= 0.3 is 0 Å². The summed E-state index contributed by atoms with van der Waals surface area (Å²) in [4.78, 5) is 8.62. The lowest BCUT2D eigenvalue weighted by molar-refractivity contribution is 0.808. The van der Waals surface area contributed by atoms with Gasteiger partial charge < -0.3 is 5.32 Å². The normalized spacial score (nSPS) is 11.2. The highest BCUT2D eigenvalue weighted by molar-refractivity contribution is 5.49.